The normalized spacial score (nSPS) is 9.95. The molecule has 0 aliphatic heterocycles. The number of nitrogens with two attached hydrogens (primary N) is 1. The number of amides is 1. The molecule has 0 fully saturated rings. The third-order valence-corrected chi connectivity index (χ3v) is 2.48. The van der Waals surface area contributed by atoms with E-state index in [-0.39, 0.29) is 29.5 Å². The van der Waals surface area contributed by atoms with Crippen molar-refractivity contribution in [2.75, 3.05) is 18.9 Å². The van der Waals surface area contributed by atoms with Gasteiger partial charge in [-0.1, -0.05) is 19.4 Å². The minimum atomic E-state index is -1.14. The fourth-order valence-electron chi connectivity index (χ4n) is 1.48. The van der Waals surface area contributed by atoms with E-state index in [4.69, 9.17) is 15.6 Å². The minimum Gasteiger partial charge on any atom is -0.481 e. The molecule has 0 heterocycles. The van der Waals surface area contributed by atoms with Gasteiger partial charge in [0.25, 0.3) is 5.91 Å². The molecule has 0 radical (unpaired) electrons. The molecule has 1 rings (SSSR count). The number of aromatic carboxylic acids is 1. The Bertz CT molecular complexity index is 460. The molecule has 0 unspecified atom stereocenters. The zero-order valence-electron chi connectivity index (χ0n) is 10.8. The summed E-state index contributed by atoms with van der Waals surface area (Å²) in [5.41, 5.74) is 5.79. The summed E-state index contributed by atoms with van der Waals surface area (Å²) in [5, 5.41) is 11.7. The zero-order valence-corrected chi connectivity index (χ0v) is 10.8. The monoisotopic (exact) mass is 266 g/mol. The average molecular weight is 266 g/mol. The maximum absolute atomic E-state index is 11.5. The summed E-state index contributed by atoms with van der Waals surface area (Å²) in [7, 11) is 0. The average Bonchev–Trinajstić information content (AvgIpc) is 2.37. The lowest BCUT2D eigenvalue weighted by Gasteiger charge is -2.11. The number of carboxylic acid groups (broad SMARTS) is 1. The van der Waals surface area contributed by atoms with E-state index in [9.17, 15) is 9.59 Å². The summed E-state index contributed by atoms with van der Waals surface area (Å²) in [6.07, 6.45) is 1.87. The first-order valence-electron chi connectivity index (χ1n) is 6.07. The van der Waals surface area contributed by atoms with Gasteiger partial charge in [-0.25, -0.2) is 4.79 Å². The van der Waals surface area contributed by atoms with Gasteiger partial charge in [-0.05, 0) is 18.6 Å². The molecule has 6 heteroatoms. The highest BCUT2D eigenvalue weighted by Crippen LogP contribution is 2.26. The van der Waals surface area contributed by atoms with Crippen LogP contribution in [0.5, 0.6) is 5.75 Å². The first kappa shape index (κ1) is 14.8. The molecule has 1 aromatic carbocycles. The third-order valence-electron chi connectivity index (χ3n) is 2.48. The smallest absolute Gasteiger partial charge is 0.339 e. The predicted molar refractivity (Wildman–Crippen MR) is 71.2 cm³/mol. The SMILES string of the molecule is CCCCNC(=O)COc1c(N)cccc1C(=O)O. The van der Waals surface area contributed by atoms with Crippen LogP contribution in [0.15, 0.2) is 18.2 Å². The topological polar surface area (TPSA) is 102 Å². The lowest BCUT2D eigenvalue weighted by Crippen LogP contribution is -2.30. The number of carboxylic acids is 1. The van der Waals surface area contributed by atoms with Crippen molar-refractivity contribution in [1.82, 2.24) is 5.32 Å². The molecule has 1 amide bonds. The number of anilines is 1. The fraction of sp³-hybridized carbons (Fsp3) is 0.385. The van der Waals surface area contributed by atoms with Gasteiger partial charge in [0.15, 0.2) is 12.4 Å². The van der Waals surface area contributed by atoms with Gasteiger partial charge in [0.2, 0.25) is 0 Å². The first-order valence-corrected chi connectivity index (χ1v) is 6.07. The number of carbonyl (C=O) groups excluding carboxylic acids is 1. The van der Waals surface area contributed by atoms with Crippen LogP contribution in [0.3, 0.4) is 0 Å². The minimum absolute atomic E-state index is 0.0284. The highest BCUT2D eigenvalue weighted by Gasteiger charge is 2.15. The molecular weight excluding hydrogens is 248 g/mol. The molecule has 104 valence electrons. The van der Waals surface area contributed by atoms with Crippen LogP contribution in [-0.4, -0.2) is 30.1 Å². The maximum atomic E-state index is 11.5. The number of ether oxygens (including phenoxy) is 1. The van der Waals surface area contributed by atoms with Gasteiger partial charge in [-0.3, -0.25) is 4.79 Å². The second kappa shape index (κ2) is 7.25. The van der Waals surface area contributed by atoms with Gasteiger partial charge < -0.3 is 20.9 Å². The summed E-state index contributed by atoms with van der Waals surface area (Å²) in [5.74, 6) is -1.41. The molecule has 1 aromatic rings. The number of hydrogen-bond acceptors (Lipinski definition) is 4. The van der Waals surface area contributed by atoms with Gasteiger partial charge in [-0.15, -0.1) is 0 Å². The van der Waals surface area contributed by atoms with Crippen molar-refractivity contribution < 1.29 is 19.4 Å². The Kier molecular flexibility index (Phi) is 5.66. The zero-order chi connectivity index (χ0) is 14.3. The lowest BCUT2D eigenvalue weighted by atomic mass is 10.2. The number of para-hydroxylation sites is 1. The molecule has 6 nitrogen and oxygen atoms in total. The summed E-state index contributed by atoms with van der Waals surface area (Å²) in [4.78, 5) is 22.5. The molecule has 0 aliphatic carbocycles. The highest BCUT2D eigenvalue weighted by atomic mass is 16.5. The number of hydrogen-bond donors (Lipinski definition) is 3. The van der Waals surface area contributed by atoms with Crippen LogP contribution >= 0.6 is 0 Å². The number of unbranched alkanes of at least 4 members (excludes halogenated alkanes) is 1. The van der Waals surface area contributed by atoms with Crippen molar-refractivity contribution in [3.8, 4) is 5.75 Å². The molecule has 0 atom stereocenters. The standard InChI is InChI=1S/C13H18N2O4/c1-2-3-7-15-11(16)8-19-12-9(13(17)18)5-4-6-10(12)14/h4-6H,2-3,7-8,14H2,1H3,(H,15,16)(H,17,18). The van der Waals surface area contributed by atoms with Crippen molar-refractivity contribution in [2.24, 2.45) is 0 Å². The van der Waals surface area contributed by atoms with Crippen LogP contribution in [-0.2, 0) is 4.79 Å². The van der Waals surface area contributed by atoms with Crippen molar-refractivity contribution in [1.29, 1.82) is 0 Å². The Morgan fingerprint density at radius 2 is 2.16 bits per heavy atom. The molecule has 0 aliphatic rings. The molecule has 0 saturated heterocycles. The van der Waals surface area contributed by atoms with Crippen molar-refractivity contribution >= 4 is 17.6 Å². The second-order valence-electron chi connectivity index (χ2n) is 4.02. The van der Waals surface area contributed by atoms with E-state index in [1.54, 1.807) is 0 Å². The van der Waals surface area contributed by atoms with Gasteiger partial charge in [-0.2, -0.15) is 0 Å². The van der Waals surface area contributed by atoms with E-state index < -0.39 is 5.97 Å². The van der Waals surface area contributed by atoms with Crippen LogP contribution in [0, 0.1) is 0 Å². The second-order valence-corrected chi connectivity index (χ2v) is 4.02. The first-order chi connectivity index (χ1) is 9.06. The van der Waals surface area contributed by atoms with Crippen LogP contribution < -0.4 is 15.8 Å². The lowest BCUT2D eigenvalue weighted by molar-refractivity contribution is -0.123. The molecule has 19 heavy (non-hydrogen) atoms. The van der Waals surface area contributed by atoms with Gasteiger partial charge >= 0.3 is 5.97 Å². The largest absolute Gasteiger partial charge is 0.481 e. The summed E-state index contributed by atoms with van der Waals surface area (Å²) in [6.45, 7) is 2.35. The van der Waals surface area contributed by atoms with Gasteiger partial charge in [0.05, 0.1) is 5.69 Å². The molecular formula is C13H18N2O4. The van der Waals surface area contributed by atoms with E-state index in [2.05, 4.69) is 5.32 Å². The Morgan fingerprint density at radius 1 is 1.42 bits per heavy atom. The van der Waals surface area contributed by atoms with Crippen LogP contribution in [0.1, 0.15) is 30.1 Å². The van der Waals surface area contributed by atoms with E-state index in [1.165, 1.54) is 18.2 Å². The third kappa shape index (κ3) is 4.50. The Morgan fingerprint density at radius 3 is 2.79 bits per heavy atom. The van der Waals surface area contributed by atoms with Crippen molar-refractivity contribution in [2.45, 2.75) is 19.8 Å². The number of carbonyl (C=O) groups is 2. The number of nitrogens with one attached hydrogen (secondary N) is 1. The molecule has 0 bridgehead atoms. The number of benzene rings is 1. The van der Waals surface area contributed by atoms with Gasteiger partial charge in [0.1, 0.15) is 5.56 Å². The van der Waals surface area contributed by atoms with E-state index in [1.807, 2.05) is 6.92 Å². The van der Waals surface area contributed by atoms with Crippen molar-refractivity contribution in [3.05, 3.63) is 23.8 Å². The Labute approximate surface area is 111 Å². The van der Waals surface area contributed by atoms with E-state index in [0.29, 0.717) is 6.54 Å². The summed E-state index contributed by atoms with van der Waals surface area (Å²) in [6, 6.07) is 4.42. The number of rotatable bonds is 7. The van der Waals surface area contributed by atoms with E-state index >= 15 is 0 Å². The van der Waals surface area contributed by atoms with E-state index in [0.717, 1.165) is 12.8 Å². The van der Waals surface area contributed by atoms with Crippen LogP contribution in [0.4, 0.5) is 5.69 Å². The number of nitrogen functional groups attached to an aromatic ring is 1. The molecule has 4 N–H and O–H groups in total. The Balaban J connectivity index is 2.62. The molecule has 0 saturated carbocycles. The van der Waals surface area contributed by atoms with Gasteiger partial charge in [0, 0.05) is 6.54 Å². The molecule has 0 spiro atoms. The Hall–Kier alpha value is -2.24. The van der Waals surface area contributed by atoms with Crippen LogP contribution in [0.25, 0.3) is 0 Å². The van der Waals surface area contributed by atoms with Crippen LogP contribution in [0.2, 0.25) is 0 Å². The quantitative estimate of drug-likeness (QED) is 0.509. The predicted octanol–water partition coefficient (Wildman–Crippen LogP) is 1.26. The highest BCUT2D eigenvalue weighted by molar-refractivity contribution is 5.93. The summed E-state index contributed by atoms with van der Waals surface area (Å²) >= 11 is 0. The molecule has 0 aromatic heterocycles. The maximum Gasteiger partial charge on any atom is 0.339 e. The van der Waals surface area contributed by atoms with Crippen molar-refractivity contribution in [3.63, 3.8) is 0 Å². The fourth-order valence-corrected chi connectivity index (χ4v) is 1.48. The summed E-state index contributed by atoms with van der Waals surface area (Å²) < 4.78 is 5.20.